The number of nitrogen functional groups attached to an aromatic ring is 1. The van der Waals surface area contributed by atoms with Crippen molar-refractivity contribution in [1.29, 1.82) is 5.26 Å². The number of hydrogen-bond acceptors (Lipinski definition) is 3. The number of benzene rings is 1. The Morgan fingerprint density at radius 1 is 1.44 bits per heavy atom. The molecule has 0 aliphatic carbocycles. The van der Waals surface area contributed by atoms with Crippen LogP contribution in [0.4, 0.5) is 5.69 Å². The van der Waals surface area contributed by atoms with Crippen molar-refractivity contribution < 1.29 is 0 Å². The number of nitrogens with two attached hydrogens (primary N) is 1. The van der Waals surface area contributed by atoms with Crippen LogP contribution in [0, 0.1) is 18.3 Å². The summed E-state index contributed by atoms with van der Waals surface area (Å²) in [5.74, 6) is 0. The van der Waals surface area contributed by atoms with Crippen LogP contribution in [-0.4, -0.2) is 0 Å². The van der Waals surface area contributed by atoms with E-state index in [2.05, 4.69) is 48.0 Å². The van der Waals surface area contributed by atoms with Crippen molar-refractivity contribution in [3.8, 4) is 16.5 Å². The maximum Gasteiger partial charge on any atom is 0.128 e. The minimum absolute atomic E-state index is 0.612. The Morgan fingerprint density at radius 3 is 2.78 bits per heavy atom. The molecule has 0 saturated carbocycles. The predicted molar refractivity (Wildman–Crippen MR) is 80.7 cm³/mol. The number of rotatable bonds is 2. The summed E-state index contributed by atoms with van der Waals surface area (Å²) in [5, 5.41) is 9.09. The summed E-state index contributed by atoms with van der Waals surface area (Å²) < 4.78 is 1.04. The van der Waals surface area contributed by atoms with Gasteiger partial charge in [0.1, 0.15) is 10.9 Å². The molecule has 0 unspecified atom stereocenters. The zero-order valence-electron chi connectivity index (χ0n) is 10.2. The van der Waals surface area contributed by atoms with Gasteiger partial charge in [-0.1, -0.05) is 28.9 Å². The standard InChI is InChI=1S/C14H13BrN2S/c1-3-10-13(17)12(7-16)18-14(10)11-6-9(15)5-4-8(11)2/h4-6H,3,17H2,1-2H3. The van der Waals surface area contributed by atoms with E-state index in [1.807, 2.05) is 6.07 Å². The average Bonchev–Trinajstić information content (AvgIpc) is 2.68. The van der Waals surface area contributed by atoms with Crippen molar-refractivity contribution in [3.05, 3.63) is 38.7 Å². The molecule has 0 atom stereocenters. The molecule has 4 heteroatoms. The fourth-order valence-electron chi connectivity index (χ4n) is 1.97. The molecule has 2 aromatic rings. The smallest absolute Gasteiger partial charge is 0.128 e. The lowest BCUT2D eigenvalue weighted by atomic mass is 10.0. The summed E-state index contributed by atoms with van der Waals surface area (Å²) in [6.07, 6.45) is 0.839. The van der Waals surface area contributed by atoms with Crippen LogP contribution in [0.1, 0.15) is 22.9 Å². The molecule has 0 fully saturated rings. The van der Waals surface area contributed by atoms with Crippen molar-refractivity contribution in [3.63, 3.8) is 0 Å². The van der Waals surface area contributed by atoms with Gasteiger partial charge in [0.15, 0.2) is 0 Å². The van der Waals surface area contributed by atoms with Crippen LogP contribution in [0.2, 0.25) is 0 Å². The highest BCUT2D eigenvalue weighted by Crippen LogP contribution is 2.40. The van der Waals surface area contributed by atoms with Crippen molar-refractivity contribution in [2.75, 3.05) is 5.73 Å². The number of nitrogens with zero attached hydrogens (tertiary/aromatic N) is 1. The molecule has 1 aromatic heterocycles. The number of hydrogen-bond donors (Lipinski definition) is 1. The topological polar surface area (TPSA) is 49.8 Å². The maximum atomic E-state index is 9.09. The Morgan fingerprint density at radius 2 is 2.17 bits per heavy atom. The third-order valence-electron chi connectivity index (χ3n) is 2.95. The minimum Gasteiger partial charge on any atom is -0.397 e. The van der Waals surface area contributed by atoms with Gasteiger partial charge in [-0.25, -0.2) is 0 Å². The monoisotopic (exact) mass is 320 g/mol. The van der Waals surface area contributed by atoms with Crippen molar-refractivity contribution in [1.82, 2.24) is 0 Å². The molecule has 0 amide bonds. The molecule has 18 heavy (non-hydrogen) atoms. The second-order valence-corrected chi connectivity index (χ2v) is 6.01. The first-order chi connectivity index (χ1) is 8.58. The Bertz CT molecular complexity index is 638. The zero-order chi connectivity index (χ0) is 13.3. The highest BCUT2D eigenvalue weighted by molar-refractivity contribution is 9.10. The molecule has 0 bridgehead atoms. The van der Waals surface area contributed by atoms with E-state index in [1.54, 1.807) is 0 Å². The maximum absolute atomic E-state index is 9.09. The molecule has 2 N–H and O–H groups in total. The molecule has 0 aliphatic rings. The molecule has 0 saturated heterocycles. The fraction of sp³-hybridized carbons (Fsp3) is 0.214. The van der Waals surface area contributed by atoms with Crippen LogP contribution in [0.5, 0.6) is 0 Å². The molecule has 92 valence electrons. The normalized spacial score (nSPS) is 10.3. The summed E-state index contributed by atoms with van der Waals surface area (Å²) in [5.41, 5.74) is 10.1. The van der Waals surface area contributed by atoms with Gasteiger partial charge < -0.3 is 5.73 Å². The third-order valence-corrected chi connectivity index (χ3v) is 4.63. The minimum atomic E-state index is 0.612. The van der Waals surface area contributed by atoms with E-state index in [-0.39, 0.29) is 0 Å². The van der Waals surface area contributed by atoms with Gasteiger partial charge in [0.25, 0.3) is 0 Å². The van der Waals surface area contributed by atoms with Crippen LogP contribution in [0.15, 0.2) is 22.7 Å². The first kappa shape index (κ1) is 13.1. The van der Waals surface area contributed by atoms with Gasteiger partial charge in [-0.3, -0.25) is 0 Å². The van der Waals surface area contributed by atoms with Gasteiger partial charge in [0.05, 0.1) is 5.69 Å². The third kappa shape index (κ3) is 2.16. The van der Waals surface area contributed by atoms with Crippen LogP contribution in [-0.2, 0) is 6.42 Å². The number of halogens is 1. The number of aryl methyl sites for hydroxylation is 1. The van der Waals surface area contributed by atoms with Gasteiger partial charge in [-0.2, -0.15) is 5.26 Å². The Labute approximate surface area is 119 Å². The fourth-order valence-corrected chi connectivity index (χ4v) is 3.52. The highest BCUT2D eigenvalue weighted by atomic mass is 79.9. The van der Waals surface area contributed by atoms with E-state index in [9.17, 15) is 0 Å². The Kier molecular flexibility index (Phi) is 3.74. The van der Waals surface area contributed by atoms with Crippen LogP contribution < -0.4 is 5.73 Å². The highest BCUT2D eigenvalue weighted by Gasteiger charge is 2.17. The molecule has 1 aromatic carbocycles. The quantitative estimate of drug-likeness (QED) is 0.885. The number of anilines is 1. The van der Waals surface area contributed by atoms with Gasteiger partial charge in [0.2, 0.25) is 0 Å². The summed E-state index contributed by atoms with van der Waals surface area (Å²) in [4.78, 5) is 1.73. The van der Waals surface area contributed by atoms with Crippen LogP contribution >= 0.6 is 27.3 Å². The summed E-state index contributed by atoms with van der Waals surface area (Å²) in [6.45, 7) is 4.14. The lowest BCUT2D eigenvalue weighted by Gasteiger charge is -2.07. The SMILES string of the molecule is CCc1c(-c2cc(Br)ccc2C)sc(C#N)c1N. The second kappa shape index (κ2) is 5.13. The molecular weight excluding hydrogens is 308 g/mol. The van der Waals surface area contributed by atoms with Gasteiger partial charge >= 0.3 is 0 Å². The lowest BCUT2D eigenvalue weighted by molar-refractivity contribution is 1.16. The molecule has 0 radical (unpaired) electrons. The van der Waals surface area contributed by atoms with Gasteiger partial charge in [-0.05, 0) is 42.2 Å². The van der Waals surface area contributed by atoms with E-state index in [0.717, 1.165) is 26.9 Å². The Balaban J connectivity index is 2.71. The molecule has 2 nitrogen and oxygen atoms in total. The second-order valence-electron chi connectivity index (χ2n) is 4.08. The van der Waals surface area contributed by atoms with Gasteiger partial charge in [0, 0.05) is 9.35 Å². The predicted octanol–water partition coefficient (Wildman–Crippen LogP) is 4.50. The summed E-state index contributed by atoms with van der Waals surface area (Å²) in [7, 11) is 0. The Hall–Kier alpha value is -1.31. The number of thiophene rings is 1. The lowest BCUT2D eigenvalue weighted by Crippen LogP contribution is -1.92. The van der Waals surface area contributed by atoms with Crippen LogP contribution in [0.25, 0.3) is 10.4 Å². The van der Waals surface area contributed by atoms with E-state index >= 15 is 0 Å². The molecule has 0 aliphatic heterocycles. The van der Waals surface area contributed by atoms with Crippen molar-refractivity contribution in [2.24, 2.45) is 0 Å². The van der Waals surface area contributed by atoms with Crippen molar-refractivity contribution in [2.45, 2.75) is 20.3 Å². The van der Waals surface area contributed by atoms with Crippen LogP contribution in [0.3, 0.4) is 0 Å². The first-order valence-electron chi connectivity index (χ1n) is 5.66. The van der Waals surface area contributed by atoms with E-state index in [1.165, 1.54) is 16.9 Å². The molecule has 1 heterocycles. The first-order valence-corrected chi connectivity index (χ1v) is 7.27. The summed E-state index contributed by atoms with van der Waals surface area (Å²) in [6, 6.07) is 8.35. The van der Waals surface area contributed by atoms with E-state index in [0.29, 0.717) is 10.6 Å². The van der Waals surface area contributed by atoms with E-state index in [4.69, 9.17) is 11.0 Å². The van der Waals surface area contributed by atoms with E-state index < -0.39 is 0 Å². The summed E-state index contributed by atoms with van der Waals surface area (Å²) >= 11 is 4.97. The van der Waals surface area contributed by atoms with Gasteiger partial charge in [-0.15, -0.1) is 11.3 Å². The largest absolute Gasteiger partial charge is 0.397 e. The number of nitriles is 1. The molecule has 0 spiro atoms. The average molecular weight is 321 g/mol. The molecular formula is C14H13BrN2S. The van der Waals surface area contributed by atoms with Crippen molar-refractivity contribution >= 4 is 33.0 Å². The zero-order valence-corrected chi connectivity index (χ0v) is 12.7. The molecule has 2 rings (SSSR count).